The van der Waals surface area contributed by atoms with Gasteiger partial charge in [0.1, 0.15) is 5.65 Å². The van der Waals surface area contributed by atoms with E-state index >= 15 is 0 Å². The lowest BCUT2D eigenvalue weighted by Gasteiger charge is -2.08. The molecule has 5 rings (SSSR count). The molecule has 0 N–H and O–H groups in total. The van der Waals surface area contributed by atoms with Crippen molar-refractivity contribution in [3.8, 4) is 11.4 Å². The van der Waals surface area contributed by atoms with Crippen LogP contribution in [0.25, 0.3) is 22.4 Å². The van der Waals surface area contributed by atoms with E-state index in [9.17, 15) is 13.2 Å². The van der Waals surface area contributed by atoms with E-state index in [1.165, 1.54) is 30.5 Å². The van der Waals surface area contributed by atoms with Gasteiger partial charge in [0.15, 0.2) is 5.82 Å². The van der Waals surface area contributed by atoms with Crippen LogP contribution in [0.1, 0.15) is 35.4 Å². The Morgan fingerprint density at radius 2 is 1.69 bits per heavy atom. The van der Waals surface area contributed by atoms with Crippen molar-refractivity contribution in [2.75, 3.05) is 0 Å². The summed E-state index contributed by atoms with van der Waals surface area (Å²) in [5.41, 5.74) is 2.89. The van der Waals surface area contributed by atoms with E-state index in [0.29, 0.717) is 18.3 Å². The number of pyridine rings is 1. The standard InChI is InChI=1S/C22H17F3N4/c23-22(24,25)17-7-3-14(4-8-17)12-29-13-19(18-2-1-9-26-21(18)29)20-27-10-16(11-28-20)15-5-6-15/h1-4,7-11,13,15H,5-6,12H2. The third kappa shape index (κ3) is 3.48. The van der Waals surface area contributed by atoms with E-state index < -0.39 is 11.7 Å². The SMILES string of the molecule is FC(F)(F)c1ccc(Cn2cc(-c3ncc(C4CC4)cn3)c3cccnc32)cc1. The Hall–Kier alpha value is -3.22. The van der Waals surface area contributed by atoms with Gasteiger partial charge in [-0.25, -0.2) is 15.0 Å². The Balaban J connectivity index is 1.50. The number of hydrogen-bond donors (Lipinski definition) is 0. The topological polar surface area (TPSA) is 43.6 Å². The lowest BCUT2D eigenvalue weighted by Crippen LogP contribution is -2.05. The molecular weight excluding hydrogens is 377 g/mol. The highest BCUT2D eigenvalue weighted by Crippen LogP contribution is 2.39. The van der Waals surface area contributed by atoms with Crippen molar-refractivity contribution in [3.63, 3.8) is 0 Å². The highest BCUT2D eigenvalue weighted by molar-refractivity contribution is 5.92. The third-order valence-corrected chi connectivity index (χ3v) is 5.23. The highest BCUT2D eigenvalue weighted by atomic mass is 19.4. The van der Waals surface area contributed by atoms with Crippen LogP contribution in [0.5, 0.6) is 0 Å². The summed E-state index contributed by atoms with van der Waals surface area (Å²) < 4.78 is 40.3. The molecule has 1 aliphatic carbocycles. The lowest BCUT2D eigenvalue weighted by atomic mass is 10.1. The van der Waals surface area contributed by atoms with Gasteiger partial charge in [-0.1, -0.05) is 12.1 Å². The molecule has 29 heavy (non-hydrogen) atoms. The summed E-state index contributed by atoms with van der Waals surface area (Å²) >= 11 is 0. The molecule has 0 unspecified atom stereocenters. The van der Waals surface area contributed by atoms with Crippen molar-refractivity contribution in [2.24, 2.45) is 0 Å². The molecule has 0 atom stereocenters. The van der Waals surface area contributed by atoms with Crippen LogP contribution in [0.15, 0.2) is 61.2 Å². The van der Waals surface area contributed by atoms with Crippen LogP contribution < -0.4 is 0 Å². The Labute approximate surface area is 165 Å². The Bertz CT molecular complexity index is 1160. The zero-order chi connectivity index (χ0) is 20.0. The number of alkyl halides is 3. The van der Waals surface area contributed by atoms with Crippen LogP contribution in [0, 0.1) is 0 Å². The van der Waals surface area contributed by atoms with Gasteiger partial charge in [-0.2, -0.15) is 13.2 Å². The van der Waals surface area contributed by atoms with Gasteiger partial charge in [0.2, 0.25) is 0 Å². The second kappa shape index (κ2) is 6.69. The third-order valence-electron chi connectivity index (χ3n) is 5.23. The van der Waals surface area contributed by atoms with Crippen LogP contribution >= 0.6 is 0 Å². The van der Waals surface area contributed by atoms with Gasteiger partial charge in [0.25, 0.3) is 0 Å². The van der Waals surface area contributed by atoms with Gasteiger partial charge >= 0.3 is 6.18 Å². The van der Waals surface area contributed by atoms with Gasteiger partial charge in [-0.05, 0) is 54.2 Å². The predicted octanol–water partition coefficient (Wildman–Crippen LogP) is 5.44. The Kier molecular flexibility index (Phi) is 4.12. The number of aromatic nitrogens is 4. The number of hydrogen-bond acceptors (Lipinski definition) is 3. The maximum atomic E-state index is 12.8. The average molecular weight is 394 g/mol. The molecule has 146 valence electrons. The summed E-state index contributed by atoms with van der Waals surface area (Å²) in [6.45, 7) is 0.409. The van der Waals surface area contributed by atoms with Crippen molar-refractivity contribution >= 4 is 11.0 Å². The van der Waals surface area contributed by atoms with Crippen LogP contribution in [0.2, 0.25) is 0 Å². The molecule has 1 aromatic carbocycles. The van der Waals surface area contributed by atoms with Crippen molar-refractivity contribution in [1.82, 2.24) is 19.5 Å². The molecule has 0 bridgehead atoms. The maximum Gasteiger partial charge on any atom is 0.416 e. The average Bonchev–Trinajstić information content (AvgIpc) is 3.51. The first-order chi connectivity index (χ1) is 14.0. The molecule has 4 aromatic rings. The fraction of sp³-hybridized carbons (Fsp3) is 0.227. The quantitative estimate of drug-likeness (QED) is 0.463. The number of fused-ring (bicyclic) bond motifs is 1. The molecule has 0 amide bonds. The van der Waals surface area contributed by atoms with Crippen LogP contribution in [0.4, 0.5) is 13.2 Å². The molecule has 1 aliphatic rings. The summed E-state index contributed by atoms with van der Waals surface area (Å²) in [7, 11) is 0. The first kappa shape index (κ1) is 17.8. The highest BCUT2D eigenvalue weighted by Gasteiger charge is 2.30. The summed E-state index contributed by atoms with van der Waals surface area (Å²) in [6, 6.07) is 9.02. The Morgan fingerprint density at radius 3 is 2.34 bits per heavy atom. The molecule has 4 nitrogen and oxygen atoms in total. The first-order valence-corrected chi connectivity index (χ1v) is 9.41. The van der Waals surface area contributed by atoms with E-state index in [1.807, 2.05) is 35.3 Å². The molecule has 0 radical (unpaired) electrons. The molecule has 7 heteroatoms. The molecule has 3 aromatic heterocycles. The predicted molar refractivity (Wildman–Crippen MR) is 103 cm³/mol. The van der Waals surface area contributed by atoms with Gasteiger partial charge in [0.05, 0.1) is 5.56 Å². The minimum absolute atomic E-state index is 0.409. The number of halogens is 3. The van der Waals surface area contributed by atoms with Gasteiger partial charge in [-0.15, -0.1) is 0 Å². The molecule has 0 spiro atoms. The minimum atomic E-state index is -4.34. The fourth-order valence-electron chi connectivity index (χ4n) is 3.52. The van der Waals surface area contributed by atoms with E-state index in [2.05, 4.69) is 15.0 Å². The number of benzene rings is 1. The molecule has 0 saturated heterocycles. The van der Waals surface area contributed by atoms with Gasteiger partial charge in [0, 0.05) is 42.3 Å². The second-order valence-corrected chi connectivity index (χ2v) is 7.35. The van der Waals surface area contributed by atoms with E-state index in [-0.39, 0.29) is 0 Å². The second-order valence-electron chi connectivity index (χ2n) is 7.35. The van der Waals surface area contributed by atoms with Crippen LogP contribution in [-0.4, -0.2) is 19.5 Å². The fourth-order valence-corrected chi connectivity index (χ4v) is 3.52. The largest absolute Gasteiger partial charge is 0.416 e. The Morgan fingerprint density at radius 1 is 0.966 bits per heavy atom. The molecule has 3 heterocycles. The van der Waals surface area contributed by atoms with Crippen molar-refractivity contribution < 1.29 is 13.2 Å². The lowest BCUT2D eigenvalue weighted by molar-refractivity contribution is -0.137. The van der Waals surface area contributed by atoms with Crippen molar-refractivity contribution in [2.45, 2.75) is 31.5 Å². The zero-order valence-electron chi connectivity index (χ0n) is 15.4. The van der Waals surface area contributed by atoms with Crippen LogP contribution in [0.3, 0.4) is 0 Å². The number of rotatable bonds is 4. The van der Waals surface area contributed by atoms with E-state index in [4.69, 9.17) is 0 Å². The first-order valence-electron chi connectivity index (χ1n) is 9.41. The molecule has 1 fully saturated rings. The van der Waals surface area contributed by atoms with Gasteiger partial charge < -0.3 is 4.57 Å². The zero-order valence-corrected chi connectivity index (χ0v) is 15.4. The van der Waals surface area contributed by atoms with E-state index in [1.54, 1.807) is 6.20 Å². The number of nitrogens with zero attached hydrogens (tertiary/aromatic N) is 4. The molecular formula is C22H17F3N4. The normalized spacial score (nSPS) is 14.4. The van der Waals surface area contributed by atoms with Crippen LogP contribution in [-0.2, 0) is 12.7 Å². The van der Waals surface area contributed by atoms with Gasteiger partial charge in [-0.3, -0.25) is 0 Å². The minimum Gasteiger partial charge on any atom is -0.327 e. The smallest absolute Gasteiger partial charge is 0.327 e. The van der Waals surface area contributed by atoms with Crippen molar-refractivity contribution in [1.29, 1.82) is 0 Å². The summed E-state index contributed by atoms with van der Waals surface area (Å²) in [6.07, 6.45) is 5.44. The summed E-state index contributed by atoms with van der Waals surface area (Å²) in [5, 5.41) is 0.915. The monoisotopic (exact) mass is 394 g/mol. The maximum absolute atomic E-state index is 12.8. The molecule has 1 saturated carbocycles. The van der Waals surface area contributed by atoms with E-state index in [0.717, 1.165) is 34.3 Å². The summed E-state index contributed by atoms with van der Waals surface area (Å²) in [5.74, 6) is 1.21. The summed E-state index contributed by atoms with van der Waals surface area (Å²) in [4.78, 5) is 13.5. The van der Waals surface area contributed by atoms with Crippen molar-refractivity contribution in [3.05, 3.63) is 77.9 Å². The molecule has 0 aliphatic heterocycles.